The second-order valence-electron chi connectivity index (χ2n) is 8.13. The highest BCUT2D eigenvalue weighted by Gasteiger charge is 2.28. The smallest absolute Gasteiger partial charge is 0.410 e. The molecule has 2 aromatic rings. The van der Waals surface area contributed by atoms with Crippen LogP contribution in [-0.4, -0.2) is 40.6 Å². The molecule has 0 aliphatic carbocycles. The van der Waals surface area contributed by atoms with Crippen LogP contribution in [0.1, 0.15) is 55.6 Å². The average Bonchev–Trinajstić information content (AvgIpc) is 2.67. The fraction of sp³-hybridized carbons (Fsp3) is 0.409. The number of nitrogens with zero attached hydrogens (tertiary/aromatic N) is 2. The van der Waals surface area contributed by atoms with E-state index in [0.717, 1.165) is 29.8 Å². The van der Waals surface area contributed by atoms with Gasteiger partial charge in [0, 0.05) is 35.8 Å². The summed E-state index contributed by atoms with van der Waals surface area (Å²) in [6, 6.07) is 13.1. The molecule has 1 fully saturated rings. The molecule has 0 bridgehead atoms. The topological polar surface area (TPSA) is 85.5 Å². The first kappa shape index (κ1) is 19.9. The van der Waals surface area contributed by atoms with Crippen LogP contribution < -0.4 is 5.73 Å². The van der Waals surface area contributed by atoms with Crippen LogP contribution in [0.5, 0.6) is 0 Å². The average molecular weight is 381 g/mol. The Morgan fingerprint density at radius 2 is 1.79 bits per heavy atom. The minimum absolute atomic E-state index is 0.254. The van der Waals surface area contributed by atoms with Crippen molar-refractivity contribution < 1.29 is 14.3 Å². The zero-order valence-electron chi connectivity index (χ0n) is 16.6. The fourth-order valence-corrected chi connectivity index (χ4v) is 3.36. The summed E-state index contributed by atoms with van der Waals surface area (Å²) in [5.74, 6) is -0.162. The first-order valence-corrected chi connectivity index (χ1v) is 9.58. The molecule has 1 aliphatic heterocycles. The van der Waals surface area contributed by atoms with E-state index in [0.29, 0.717) is 18.7 Å². The maximum Gasteiger partial charge on any atom is 0.410 e. The van der Waals surface area contributed by atoms with Gasteiger partial charge in [-0.15, -0.1) is 0 Å². The fourth-order valence-electron chi connectivity index (χ4n) is 3.36. The first-order chi connectivity index (χ1) is 13.2. The van der Waals surface area contributed by atoms with Gasteiger partial charge >= 0.3 is 6.09 Å². The second-order valence-corrected chi connectivity index (χ2v) is 8.13. The Kier molecular flexibility index (Phi) is 5.68. The number of nitrogens with two attached hydrogens (primary N) is 1. The number of ether oxygens (including phenoxy) is 1. The first-order valence-electron chi connectivity index (χ1n) is 9.58. The van der Waals surface area contributed by atoms with Crippen molar-refractivity contribution in [2.24, 2.45) is 5.73 Å². The van der Waals surface area contributed by atoms with E-state index in [1.807, 2.05) is 51.1 Å². The third-order valence-corrected chi connectivity index (χ3v) is 4.78. The summed E-state index contributed by atoms with van der Waals surface area (Å²) in [5.41, 5.74) is 8.05. The molecular formula is C22H27N3O3. The molecule has 148 valence electrons. The van der Waals surface area contributed by atoms with Gasteiger partial charge in [-0.25, -0.2) is 4.79 Å². The highest BCUT2D eigenvalue weighted by Crippen LogP contribution is 2.29. The number of hydrogen-bond donors (Lipinski definition) is 1. The number of benzene rings is 1. The maximum absolute atomic E-state index is 12.2. The van der Waals surface area contributed by atoms with E-state index in [2.05, 4.69) is 0 Å². The van der Waals surface area contributed by atoms with Crippen molar-refractivity contribution in [3.63, 3.8) is 0 Å². The second kappa shape index (κ2) is 8.00. The summed E-state index contributed by atoms with van der Waals surface area (Å²) in [4.78, 5) is 30.2. The van der Waals surface area contributed by atoms with Gasteiger partial charge in [-0.2, -0.15) is 0 Å². The molecule has 6 nitrogen and oxygen atoms in total. The Morgan fingerprint density at radius 3 is 2.43 bits per heavy atom. The minimum Gasteiger partial charge on any atom is -0.444 e. The number of primary amides is 1. The Bertz CT molecular complexity index is 865. The van der Waals surface area contributed by atoms with E-state index in [9.17, 15) is 9.59 Å². The standard InChI is InChI=1S/C22H27N3O3/c1-22(2,3)28-21(27)25-12-10-15(11-13-25)18-8-5-9-19(24-18)16-6-4-7-17(14-16)20(23)26/h4-9,14-15H,10-13H2,1-3H3,(H2,23,26). The van der Waals surface area contributed by atoms with Gasteiger partial charge in [-0.1, -0.05) is 18.2 Å². The number of carbonyl (C=O) groups is 2. The van der Waals surface area contributed by atoms with Gasteiger partial charge in [0.15, 0.2) is 0 Å². The van der Waals surface area contributed by atoms with Crippen molar-refractivity contribution in [2.45, 2.75) is 45.1 Å². The summed E-state index contributed by atoms with van der Waals surface area (Å²) in [5, 5.41) is 0. The summed E-state index contributed by atoms with van der Waals surface area (Å²) >= 11 is 0. The summed E-state index contributed by atoms with van der Waals surface area (Å²) in [6.07, 6.45) is 1.43. The number of hydrogen-bond acceptors (Lipinski definition) is 4. The summed E-state index contributed by atoms with van der Waals surface area (Å²) < 4.78 is 5.46. The predicted molar refractivity (Wildman–Crippen MR) is 108 cm³/mol. The molecule has 1 aromatic heterocycles. The number of rotatable bonds is 3. The molecule has 1 aliphatic rings. The van der Waals surface area contributed by atoms with Crippen LogP contribution in [0.25, 0.3) is 11.3 Å². The van der Waals surface area contributed by atoms with Gasteiger partial charge in [-0.3, -0.25) is 9.78 Å². The molecule has 2 N–H and O–H groups in total. The molecule has 1 aromatic carbocycles. The zero-order chi connectivity index (χ0) is 20.3. The van der Waals surface area contributed by atoms with Crippen LogP contribution in [-0.2, 0) is 4.74 Å². The highest BCUT2D eigenvalue weighted by atomic mass is 16.6. The van der Waals surface area contributed by atoms with Gasteiger partial charge in [0.2, 0.25) is 5.91 Å². The molecule has 2 amide bonds. The Hall–Kier alpha value is -2.89. The van der Waals surface area contributed by atoms with Crippen LogP contribution in [0.3, 0.4) is 0 Å². The molecule has 0 atom stereocenters. The number of carbonyl (C=O) groups excluding carboxylic acids is 2. The van der Waals surface area contributed by atoms with Crippen LogP contribution in [0, 0.1) is 0 Å². The predicted octanol–water partition coefficient (Wildman–Crippen LogP) is 3.96. The Morgan fingerprint density at radius 1 is 1.11 bits per heavy atom. The number of pyridine rings is 1. The highest BCUT2D eigenvalue weighted by molar-refractivity contribution is 5.94. The van der Waals surface area contributed by atoms with Gasteiger partial charge in [0.25, 0.3) is 0 Å². The van der Waals surface area contributed by atoms with Crippen molar-refractivity contribution in [3.8, 4) is 11.3 Å². The SMILES string of the molecule is CC(C)(C)OC(=O)N1CCC(c2cccc(-c3cccc(C(N)=O)c3)n2)CC1. The van der Waals surface area contributed by atoms with Gasteiger partial charge < -0.3 is 15.4 Å². The quantitative estimate of drug-likeness (QED) is 0.872. The lowest BCUT2D eigenvalue weighted by Crippen LogP contribution is -2.41. The van der Waals surface area contributed by atoms with E-state index in [1.54, 1.807) is 17.0 Å². The normalized spacial score (nSPS) is 15.3. The van der Waals surface area contributed by atoms with Crippen molar-refractivity contribution >= 4 is 12.0 Å². The van der Waals surface area contributed by atoms with Crippen molar-refractivity contribution in [1.29, 1.82) is 0 Å². The molecule has 28 heavy (non-hydrogen) atoms. The number of likely N-dealkylation sites (tertiary alicyclic amines) is 1. The largest absolute Gasteiger partial charge is 0.444 e. The summed E-state index contributed by atoms with van der Waals surface area (Å²) in [7, 11) is 0. The molecule has 2 heterocycles. The van der Waals surface area contributed by atoms with Crippen LogP contribution in [0.15, 0.2) is 42.5 Å². The number of amides is 2. The van der Waals surface area contributed by atoms with E-state index in [-0.39, 0.29) is 12.0 Å². The molecule has 3 rings (SSSR count). The molecular weight excluding hydrogens is 354 g/mol. The molecule has 0 radical (unpaired) electrons. The van der Waals surface area contributed by atoms with E-state index in [4.69, 9.17) is 15.5 Å². The lowest BCUT2D eigenvalue weighted by atomic mass is 9.93. The molecule has 6 heteroatoms. The van der Waals surface area contributed by atoms with Gasteiger partial charge in [0.05, 0.1) is 5.69 Å². The molecule has 0 unspecified atom stereocenters. The lowest BCUT2D eigenvalue weighted by Gasteiger charge is -2.33. The number of piperidine rings is 1. The Balaban J connectivity index is 1.70. The zero-order valence-corrected chi connectivity index (χ0v) is 16.6. The number of aromatic nitrogens is 1. The van der Waals surface area contributed by atoms with E-state index in [1.165, 1.54) is 0 Å². The van der Waals surface area contributed by atoms with Crippen molar-refractivity contribution in [3.05, 3.63) is 53.7 Å². The molecule has 1 saturated heterocycles. The minimum atomic E-state index is -0.483. The molecule has 0 saturated carbocycles. The molecule has 0 spiro atoms. The van der Waals surface area contributed by atoms with Crippen molar-refractivity contribution in [1.82, 2.24) is 9.88 Å². The van der Waals surface area contributed by atoms with Crippen LogP contribution >= 0.6 is 0 Å². The van der Waals surface area contributed by atoms with Crippen molar-refractivity contribution in [2.75, 3.05) is 13.1 Å². The Labute approximate surface area is 165 Å². The third kappa shape index (κ3) is 4.88. The van der Waals surface area contributed by atoms with E-state index < -0.39 is 11.5 Å². The third-order valence-electron chi connectivity index (χ3n) is 4.78. The van der Waals surface area contributed by atoms with Crippen LogP contribution in [0.2, 0.25) is 0 Å². The van der Waals surface area contributed by atoms with Crippen LogP contribution in [0.4, 0.5) is 4.79 Å². The summed E-state index contributed by atoms with van der Waals surface area (Å²) in [6.45, 7) is 6.94. The maximum atomic E-state index is 12.2. The van der Waals surface area contributed by atoms with Gasteiger partial charge in [-0.05, 0) is 57.9 Å². The monoisotopic (exact) mass is 381 g/mol. The van der Waals surface area contributed by atoms with E-state index >= 15 is 0 Å². The van der Waals surface area contributed by atoms with Gasteiger partial charge in [0.1, 0.15) is 5.60 Å². The lowest BCUT2D eigenvalue weighted by molar-refractivity contribution is 0.0204.